The van der Waals surface area contributed by atoms with Crippen molar-refractivity contribution in [3.63, 3.8) is 0 Å². The fourth-order valence-electron chi connectivity index (χ4n) is 0.976. The SMILES string of the molecule is Cn1cc(CS(=O)C(C)(C)C(=O)O)cn1. The van der Waals surface area contributed by atoms with E-state index in [1.54, 1.807) is 24.1 Å². The Morgan fingerprint density at radius 3 is 2.67 bits per heavy atom. The van der Waals surface area contributed by atoms with Crippen molar-refractivity contribution in [2.24, 2.45) is 7.05 Å². The Kier molecular flexibility index (Phi) is 3.28. The molecule has 0 saturated heterocycles. The molecule has 15 heavy (non-hydrogen) atoms. The van der Waals surface area contributed by atoms with Gasteiger partial charge in [-0.25, -0.2) is 0 Å². The van der Waals surface area contributed by atoms with Crippen molar-refractivity contribution in [3.05, 3.63) is 18.0 Å². The molecule has 0 radical (unpaired) electrons. The molecule has 0 saturated carbocycles. The maximum atomic E-state index is 11.8. The van der Waals surface area contributed by atoms with Crippen LogP contribution in [-0.2, 0) is 28.4 Å². The zero-order valence-corrected chi connectivity index (χ0v) is 9.74. The van der Waals surface area contributed by atoms with Crippen LogP contribution in [0.25, 0.3) is 0 Å². The summed E-state index contributed by atoms with van der Waals surface area (Å²) in [7, 11) is 0.308. The maximum Gasteiger partial charge on any atom is 0.321 e. The fourth-order valence-corrected chi connectivity index (χ4v) is 1.98. The van der Waals surface area contributed by atoms with E-state index < -0.39 is 21.5 Å². The Balaban J connectivity index is 2.76. The lowest BCUT2D eigenvalue weighted by Gasteiger charge is -2.17. The first-order valence-corrected chi connectivity index (χ1v) is 5.75. The van der Waals surface area contributed by atoms with E-state index in [1.807, 2.05) is 0 Å². The van der Waals surface area contributed by atoms with Crippen LogP contribution in [0.15, 0.2) is 12.4 Å². The second-order valence-electron chi connectivity index (χ2n) is 3.83. The topological polar surface area (TPSA) is 72.2 Å². The summed E-state index contributed by atoms with van der Waals surface area (Å²) in [5.41, 5.74) is 0.783. The lowest BCUT2D eigenvalue weighted by Crippen LogP contribution is -2.37. The number of rotatable bonds is 4. The van der Waals surface area contributed by atoms with Crippen LogP contribution in [-0.4, -0.2) is 29.8 Å². The predicted octanol–water partition coefficient (Wildman–Crippen LogP) is 0.532. The quantitative estimate of drug-likeness (QED) is 0.819. The number of aryl methyl sites for hydroxylation is 1. The largest absolute Gasteiger partial charge is 0.480 e. The molecule has 0 bridgehead atoms. The summed E-state index contributed by atoms with van der Waals surface area (Å²) in [6.45, 7) is 2.92. The normalized spacial score (nSPS) is 13.8. The zero-order chi connectivity index (χ0) is 11.6. The summed E-state index contributed by atoms with van der Waals surface area (Å²) in [5.74, 6) is -0.836. The van der Waals surface area contributed by atoms with Gasteiger partial charge in [0, 0.05) is 29.6 Å². The molecule has 1 N–H and O–H groups in total. The second-order valence-corrected chi connectivity index (χ2v) is 5.83. The number of carbonyl (C=O) groups is 1. The van der Waals surface area contributed by atoms with Crippen LogP contribution in [0.3, 0.4) is 0 Å². The monoisotopic (exact) mass is 230 g/mol. The minimum Gasteiger partial charge on any atom is -0.480 e. The van der Waals surface area contributed by atoms with Crippen molar-refractivity contribution in [1.29, 1.82) is 0 Å². The van der Waals surface area contributed by atoms with Crippen LogP contribution >= 0.6 is 0 Å². The first-order valence-electron chi connectivity index (χ1n) is 4.43. The highest BCUT2D eigenvalue weighted by Crippen LogP contribution is 2.17. The molecule has 1 unspecified atom stereocenters. The van der Waals surface area contributed by atoms with Crippen LogP contribution in [0.1, 0.15) is 19.4 Å². The van der Waals surface area contributed by atoms with Crippen LogP contribution in [0.2, 0.25) is 0 Å². The first kappa shape index (κ1) is 11.9. The van der Waals surface area contributed by atoms with Gasteiger partial charge in [0.25, 0.3) is 0 Å². The first-order chi connectivity index (χ1) is 6.84. The summed E-state index contributed by atoms with van der Waals surface area (Å²) in [4.78, 5) is 10.8. The predicted molar refractivity (Wildman–Crippen MR) is 56.8 cm³/mol. The number of hydrogen-bond donors (Lipinski definition) is 1. The summed E-state index contributed by atoms with van der Waals surface area (Å²) in [5, 5.41) is 12.8. The number of carboxylic acid groups (broad SMARTS) is 1. The summed E-state index contributed by atoms with van der Waals surface area (Å²) >= 11 is 0. The summed E-state index contributed by atoms with van der Waals surface area (Å²) in [6, 6.07) is 0. The summed E-state index contributed by atoms with van der Waals surface area (Å²) < 4.78 is 12.1. The van der Waals surface area contributed by atoms with Gasteiger partial charge >= 0.3 is 5.97 Å². The van der Waals surface area contributed by atoms with Gasteiger partial charge in [0.2, 0.25) is 0 Å². The van der Waals surface area contributed by atoms with E-state index in [-0.39, 0.29) is 5.75 Å². The van der Waals surface area contributed by atoms with Gasteiger partial charge in [-0.3, -0.25) is 13.7 Å². The Labute approximate surface area is 90.6 Å². The number of aromatic nitrogens is 2. The summed E-state index contributed by atoms with van der Waals surface area (Å²) in [6.07, 6.45) is 3.33. The molecule has 1 rings (SSSR count). The van der Waals surface area contributed by atoms with Crippen LogP contribution in [0, 0.1) is 0 Å². The van der Waals surface area contributed by atoms with E-state index in [1.165, 1.54) is 13.8 Å². The molecular formula is C9H14N2O3S. The van der Waals surface area contributed by atoms with Gasteiger partial charge in [0.1, 0.15) is 4.75 Å². The Morgan fingerprint density at radius 1 is 1.67 bits per heavy atom. The van der Waals surface area contributed by atoms with Crippen molar-refractivity contribution in [2.45, 2.75) is 24.3 Å². The number of nitrogens with zero attached hydrogens (tertiary/aromatic N) is 2. The van der Waals surface area contributed by atoms with Gasteiger partial charge in [0.15, 0.2) is 0 Å². The Bertz CT molecular complexity index is 398. The molecule has 5 nitrogen and oxygen atoms in total. The molecule has 1 aromatic heterocycles. The number of carboxylic acids is 1. The van der Waals surface area contributed by atoms with E-state index in [2.05, 4.69) is 5.10 Å². The lowest BCUT2D eigenvalue weighted by molar-refractivity contribution is -0.139. The minimum atomic E-state index is -1.45. The van der Waals surface area contributed by atoms with Crippen molar-refractivity contribution < 1.29 is 14.1 Å². The van der Waals surface area contributed by atoms with Crippen molar-refractivity contribution in [3.8, 4) is 0 Å². The lowest BCUT2D eigenvalue weighted by atomic mass is 10.2. The highest BCUT2D eigenvalue weighted by atomic mass is 32.2. The molecular weight excluding hydrogens is 216 g/mol. The molecule has 0 fully saturated rings. The van der Waals surface area contributed by atoms with E-state index in [0.29, 0.717) is 0 Å². The van der Waals surface area contributed by atoms with Gasteiger partial charge in [0.05, 0.1) is 11.9 Å². The van der Waals surface area contributed by atoms with Crippen molar-refractivity contribution in [1.82, 2.24) is 9.78 Å². The molecule has 6 heteroatoms. The van der Waals surface area contributed by atoms with Crippen molar-refractivity contribution >= 4 is 16.8 Å². The minimum absolute atomic E-state index is 0.215. The third-order valence-electron chi connectivity index (χ3n) is 2.14. The van der Waals surface area contributed by atoms with Gasteiger partial charge < -0.3 is 5.11 Å². The van der Waals surface area contributed by atoms with E-state index in [0.717, 1.165) is 5.56 Å². The Hall–Kier alpha value is -1.17. The van der Waals surface area contributed by atoms with E-state index in [9.17, 15) is 9.00 Å². The fraction of sp³-hybridized carbons (Fsp3) is 0.556. The average molecular weight is 230 g/mol. The standard InChI is InChI=1S/C9H14N2O3S/c1-9(2,8(12)13)15(14)6-7-4-10-11(3)5-7/h4-5H,6H2,1-3H3,(H,12,13). The van der Waals surface area contributed by atoms with Gasteiger partial charge in [-0.1, -0.05) is 0 Å². The smallest absolute Gasteiger partial charge is 0.321 e. The molecule has 0 amide bonds. The van der Waals surface area contributed by atoms with Gasteiger partial charge in [-0.15, -0.1) is 0 Å². The highest BCUT2D eigenvalue weighted by molar-refractivity contribution is 7.86. The average Bonchev–Trinajstić information content (AvgIpc) is 2.50. The highest BCUT2D eigenvalue weighted by Gasteiger charge is 2.34. The molecule has 1 aromatic rings. The molecule has 84 valence electrons. The maximum absolute atomic E-state index is 11.8. The Morgan fingerprint density at radius 2 is 2.27 bits per heavy atom. The molecule has 1 heterocycles. The van der Waals surface area contributed by atoms with Gasteiger partial charge in [-0.05, 0) is 13.8 Å². The molecule has 0 aliphatic carbocycles. The second kappa shape index (κ2) is 4.14. The van der Waals surface area contributed by atoms with Gasteiger partial charge in [-0.2, -0.15) is 5.10 Å². The third kappa shape index (κ3) is 2.65. The molecule has 1 atom stereocenters. The van der Waals surface area contributed by atoms with E-state index in [4.69, 9.17) is 5.11 Å². The van der Waals surface area contributed by atoms with Crippen LogP contribution in [0.4, 0.5) is 0 Å². The number of hydrogen-bond acceptors (Lipinski definition) is 3. The molecule has 0 aromatic carbocycles. The third-order valence-corrected chi connectivity index (χ3v) is 4.05. The molecule has 0 aliphatic heterocycles. The van der Waals surface area contributed by atoms with Crippen LogP contribution in [0.5, 0.6) is 0 Å². The zero-order valence-electron chi connectivity index (χ0n) is 8.93. The number of aliphatic carboxylic acids is 1. The van der Waals surface area contributed by atoms with Crippen LogP contribution < -0.4 is 0 Å². The van der Waals surface area contributed by atoms with Crippen molar-refractivity contribution in [2.75, 3.05) is 0 Å². The molecule has 0 aliphatic rings. The van der Waals surface area contributed by atoms with E-state index >= 15 is 0 Å². The molecule has 0 spiro atoms.